The smallest absolute Gasteiger partial charge is 0.335 e. The number of benzene rings is 4. The molecule has 0 unspecified atom stereocenters. The van der Waals surface area contributed by atoms with Crippen molar-refractivity contribution in [3.05, 3.63) is 119 Å². The first-order chi connectivity index (χ1) is 19.7. The summed E-state index contributed by atoms with van der Waals surface area (Å²) in [4.78, 5) is 51.2. The number of hydrogen-bond acceptors (Lipinski definition) is 4. The van der Waals surface area contributed by atoms with Gasteiger partial charge in [-0.3, -0.25) is 9.59 Å². The van der Waals surface area contributed by atoms with Gasteiger partial charge in [0.15, 0.2) is 0 Å². The molecule has 0 saturated heterocycles. The molecule has 208 valence electrons. The number of aryl methyl sites for hydroxylation is 2. The van der Waals surface area contributed by atoms with Gasteiger partial charge in [0.2, 0.25) is 11.8 Å². The van der Waals surface area contributed by atoms with E-state index in [-0.39, 0.29) is 30.5 Å². The van der Waals surface area contributed by atoms with E-state index in [4.69, 9.17) is 5.11 Å². The summed E-state index contributed by atoms with van der Waals surface area (Å²) >= 11 is 0. The van der Waals surface area contributed by atoms with Crippen molar-refractivity contribution >= 4 is 46.6 Å². The van der Waals surface area contributed by atoms with E-state index in [1.54, 1.807) is 30.3 Å². The van der Waals surface area contributed by atoms with Crippen LogP contribution in [0.15, 0.2) is 97.1 Å². The van der Waals surface area contributed by atoms with Gasteiger partial charge in [-0.1, -0.05) is 42.5 Å². The minimum absolute atomic E-state index is 0.0320. The van der Waals surface area contributed by atoms with Crippen LogP contribution in [0.1, 0.15) is 27.0 Å². The molecule has 0 atom stereocenters. The molecule has 0 aromatic heterocycles. The highest BCUT2D eigenvalue weighted by molar-refractivity contribution is 6.03. The topological polar surface area (TPSA) is 128 Å². The Labute approximate surface area is 237 Å². The number of anilines is 4. The molecule has 0 fully saturated rings. The summed E-state index contributed by atoms with van der Waals surface area (Å²) in [6.45, 7) is 3.57. The SMILES string of the molecule is Cc1cccc(N(CC(=O)Nc2ccc(C(=O)O)cc2)C(=O)Cc2ccc(NC(=O)Nc3ccccc3C)cc2)c1. The monoisotopic (exact) mass is 550 g/mol. The molecule has 0 radical (unpaired) electrons. The number of nitrogens with one attached hydrogen (secondary N) is 3. The molecule has 4 aromatic carbocycles. The zero-order valence-electron chi connectivity index (χ0n) is 22.7. The van der Waals surface area contributed by atoms with E-state index in [1.807, 2.05) is 56.3 Å². The van der Waals surface area contributed by atoms with Crippen LogP contribution < -0.4 is 20.9 Å². The first-order valence-corrected chi connectivity index (χ1v) is 12.9. The van der Waals surface area contributed by atoms with Gasteiger partial charge >= 0.3 is 12.0 Å². The molecule has 0 aliphatic carbocycles. The largest absolute Gasteiger partial charge is 0.478 e. The maximum Gasteiger partial charge on any atom is 0.335 e. The van der Waals surface area contributed by atoms with Crippen LogP contribution in [-0.2, 0) is 16.0 Å². The minimum Gasteiger partial charge on any atom is -0.478 e. The summed E-state index contributed by atoms with van der Waals surface area (Å²) in [7, 11) is 0. The van der Waals surface area contributed by atoms with Gasteiger partial charge in [-0.2, -0.15) is 0 Å². The molecule has 0 spiro atoms. The summed E-state index contributed by atoms with van der Waals surface area (Å²) in [6, 6.07) is 27.1. The molecular weight excluding hydrogens is 520 g/mol. The number of carboxylic acids is 1. The lowest BCUT2D eigenvalue weighted by atomic mass is 10.1. The molecule has 4 amide bonds. The van der Waals surface area contributed by atoms with E-state index in [1.165, 1.54) is 29.2 Å². The van der Waals surface area contributed by atoms with Crippen molar-refractivity contribution in [1.29, 1.82) is 0 Å². The predicted octanol–water partition coefficient (Wildman–Crippen LogP) is 5.86. The van der Waals surface area contributed by atoms with Crippen LogP contribution in [0.2, 0.25) is 0 Å². The highest BCUT2D eigenvalue weighted by atomic mass is 16.4. The summed E-state index contributed by atoms with van der Waals surface area (Å²) in [5, 5.41) is 17.4. The number of carbonyl (C=O) groups is 4. The zero-order chi connectivity index (χ0) is 29.4. The molecule has 4 N–H and O–H groups in total. The van der Waals surface area contributed by atoms with Crippen LogP contribution in [-0.4, -0.2) is 35.5 Å². The molecule has 4 rings (SSSR count). The van der Waals surface area contributed by atoms with Gasteiger partial charge in [0.05, 0.1) is 12.0 Å². The third-order valence-corrected chi connectivity index (χ3v) is 6.29. The van der Waals surface area contributed by atoms with E-state index < -0.39 is 11.9 Å². The fourth-order valence-corrected chi connectivity index (χ4v) is 4.13. The lowest BCUT2D eigenvalue weighted by molar-refractivity contribution is -0.121. The third-order valence-electron chi connectivity index (χ3n) is 6.29. The Morgan fingerprint density at radius 1 is 0.732 bits per heavy atom. The molecule has 0 saturated carbocycles. The minimum atomic E-state index is -1.06. The number of carbonyl (C=O) groups excluding carboxylic acids is 3. The first kappa shape index (κ1) is 28.6. The molecule has 41 heavy (non-hydrogen) atoms. The molecule has 0 heterocycles. The summed E-state index contributed by atoms with van der Waals surface area (Å²) < 4.78 is 0. The fraction of sp³-hybridized carbons (Fsp3) is 0.125. The van der Waals surface area contributed by atoms with Crippen LogP contribution in [0.3, 0.4) is 0 Å². The quantitative estimate of drug-likeness (QED) is 0.208. The number of aromatic carboxylic acids is 1. The van der Waals surface area contributed by atoms with Crippen LogP contribution in [0.5, 0.6) is 0 Å². The van der Waals surface area contributed by atoms with Crippen molar-refractivity contribution in [2.75, 3.05) is 27.4 Å². The van der Waals surface area contributed by atoms with E-state index in [9.17, 15) is 19.2 Å². The number of carboxylic acid groups (broad SMARTS) is 1. The van der Waals surface area contributed by atoms with Gasteiger partial charge in [-0.15, -0.1) is 0 Å². The van der Waals surface area contributed by atoms with Crippen molar-refractivity contribution in [3.63, 3.8) is 0 Å². The number of urea groups is 1. The van der Waals surface area contributed by atoms with Gasteiger partial charge in [0, 0.05) is 22.7 Å². The summed E-state index contributed by atoms with van der Waals surface area (Å²) in [5.74, 6) is -1.78. The van der Waals surface area contributed by atoms with Gasteiger partial charge in [0.1, 0.15) is 6.54 Å². The maximum atomic E-state index is 13.4. The standard InChI is InChI=1S/C32H30N4O5/c1-21-6-5-8-27(18-21)36(20-29(37)33-25-16-12-24(13-17-25)31(39)40)30(38)19-23-10-14-26(15-11-23)34-32(41)35-28-9-4-3-7-22(28)2/h3-18H,19-20H2,1-2H3,(H,33,37)(H,39,40)(H2,34,35,41). The molecule has 0 aliphatic rings. The molecule has 9 heteroatoms. The van der Waals surface area contributed by atoms with Crippen LogP contribution >= 0.6 is 0 Å². The molecule has 9 nitrogen and oxygen atoms in total. The van der Waals surface area contributed by atoms with E-state index in [2.05, 4.69) is 16.0 Å². The number of hydrogen-bond donors (Lipinski definition) is 4. The highest BCUT2D eigenvalue weighted by Crippen LogP contribution is 2.20. The number of amides is 4. The number of nitrogens with zero attached hydrogens (tertiary/aromatic N) is 1. The van der Waals surface area contributed by atoms with Crippen molar-refractivity contribution in [2.45, 2.75) is 20.3 Å². The lowest BCUT2D eigenvalue weighted by Gasteiger charge is -2.23. The first-order valence-electron chi connectivity index (χ1n) is 12.9. The molecule has 4 aromatic rings. The van der Waals surface area contributed by atoms with E-state index in [0.717, 1.165) is 11.1 Å². The Hall–Kier alpha value is -5.44. The highest BCUT2D eigenvalue weighted by Gasteiger charge is 2.20. The molecule has 0 aliphatic heterocycles. The second kappa shape index (κ2) is 13.1. The Morgan fingerprint density at radius 3 is 2.05 bits per heavy atom. The van der Waals surface area contributed by atoms with Crippen molar-refractivity contribution in [1.82, 2.24) is 0 Å². The average molecular weight is 551 g/mol. The second-order valence-electron chi connectivity index (χ2n) is 9.52. The van der Waals surface area contributed by atoms with Gasteiger partial charge in [-0.25, -0.2) is 9.59 Å². The maximum absolute atomic E-state index is 13.4. The van der Waals surface area contributed by atoms with Crippen molar-refractivity contribution in [2.24, 2.45) is 0 Å². The Bertz CT molecular complexity index is 1570. The number of para-hydroxylation sites is 1. The second-order valence-corrected chi connectivity index (χ2v) is 9.52. The lowest BCUT2D eigenvalue weighted by Crippen LogP contribution is -2.39. The Morgan fingerprint density at radius 2 is 1.39 bits per heavy atom. The van der Waals surface area contributed by atoms with E-state index >= 15 is 0 Å². The van der Waals surface area contributed by atoms with Gasteiger partial charge in [-0.05, 0) is 85.1 Å². The van der Waals surface area contributed by atoms with Crippen molar-refractivity contribution in [3.8, 4) is 0 Å². The Balaban J connectivity index is 1.42. The average Bonchev–Trinajstić information content (AvgIpc) is 2.94. The molecule has 0 bridgehead atoms. The van der Waals surface area contributed by atoms with E-state index in [0.29, 0.717) is 28.3 Å². The van der Waals surface area contributed by atoms with Crippen LogP contribution in [0, 0.1) is 13.8 Å². The zero-order valence-corrected chi connectivity index (χ0v) is 22.7. The van der Waals surface area contributed by atoms with Gasteiger partial charge < -0.3 is 26.0 Å². The third kappa shape index (κ3) is 8.03. The van der Waals surface area contributed by atoms with Crippen LogP contribution in [0.4, 0.5) is 27.5 Å². The molecular formula is C32H30N4O5. The Kier molecular flexibility index (Phi) is 9.11. The van der Waals surface area contributed by atoms with Crippen LogP contribution in [0.25, 0.3) is 0 Å². The number of rotatable bonds is 9. The summed E-state index contributed by atoms with van der Waals surface area (Å²) in [5.41, 5.74) is 4.98. The van der Waals surface area contributed by atoms with Gasteiger partial charge in [0.25, 0.3) is 0 Å². The fourth-order valence-electron chi connectivity index (χ4n) is 4.13. The van der Waals surface area contributed by atoms with Crippen molar-refractivity contribution < 1.29 is 24.3 Å². The normalized spacial score (nSPS) is 10.4. The summed E-state index contributed by atoms with van der Waals surface area (Å²) in [6.07, 6.45) is 0.0320. The predicted molar refractivity (Wildman–Crippen MR) is 160 cm³/mol.